The van der Waals surface area contributed by atoms with E-state index in [0.717, 1.165) is 17.4 Å². The SMILES string of the molecule is O=C(O)Cn1ccn(C2CC2)c(=O)c1=O. The number of carbonyl (C=O) groups is 1. The Kier molecular flexibility index (Phi) is 2.18. The van der Waals surface area contributed by atoms with Crippen LogP contribution < -0.4 is 11.1 Å². The summed E-state index contributed by atoms with van der Waals surface area (Å²) >= 11 is 0. The first-order valence-electron chi connectivity index (χ1n) is 4.63. The molecule has 1 fully saturated rings. The second kappa shape index (κ2) is 3.38. The van der Waals surface area contributed by atoms with E-state index in [1.165, 1.54) is 17.0 Å². The third kappa shape index (κ3) is 1.83. The van der Waals surface area contributed by atoms with E-state index in [-0.39, 0.29) is 6.04 Å². The number of aromatic nitrogens is 2. The van der Waals surface area contributed by atoms with Crippen LogP contribution in [-0.4, -0.2) is 20.2 Å². The molecule has 1 saturated carbocycles. The second-order valence-corrected chi connectivity index (χ2v) is 3.57. The molecule has 1 aromatic heterocycles. The molecule has 1 heterocycles. The van der Waals surface area contributed by atoms with Gasteiger partial charge in [-0.05, 0) is 12.8 Å². The van der Waals surface area contributed by atoms with Gasteiger partial charge < -0.3 is 9.67 Å². The summed E-state index contributed by atoms with van der Waals surface area (Å²) in [4.78, 5) is 33.3. The van der Waals surface area contributed by atoms with Crippen molar-refractivity contribution in [3.05, 3.63) is 33.1 Å². The topological polar surface area (TPSA) is 81.3 Å². The maximum absolute atomic E-state index is 11.5. The van der Waals surface area contributed by atoms with Gasteiger partial charge in [-0.1, -0.05) is 0 Å². The van der Waals surface area contributed by atoms with E-state index in [1.54, 1.807) is 0 Å². The zero-order chi connectivity index (χ0) is 11.0. The molecule has 0 saturated heterocycles. The molecule has 0 radical (unpaired) electrons. The molecule has 15 heavy (non-hydrogen) atoms. The summed E-state index contributed by atoms with van der Waals surface area (Å²) in [6, 6.07) is 0.129. The van der Waals surface area contributed by atoms with E-state index in [2.05, 4.69) is 0 Å². The first-order chi connectivity index (χ1) is 7.09. The predicted octanol–water partition coefficient (Wildman–Crippen LogP) is -0.571. The molecule has 0 aliphatic heterocycles. The zero-order valence-corrected chi connectivity index (χ0v) is 7.92. The van der Waals surface area contributed by atoms with Crippen LogP contribution in [0.1, 0.15) is 18.9 Å². The van der Waals surface area contributed by atoms with Crippen LogP contribution in [0.4, 0.5) is 0 Å². The summed E-state index contributed by atoms with van der Waals surface area (Å²) in [6.07, 6.45) is 4.63. The fourth-order valence-electron chi connectivity index (χ4n) is 1.43. The molecule has 0 aromatic carbocycles. The normalized spacial score (nSPS) is 15.2. The molecule has 0 atom stereocenters. The molecule has 1 aliphatic carbocycles. The fraction of sp³-hybridized carbons (Fsp3) is 0.444. The molecule has 0 unspecified atom stereocenters. The van der Waals surface area contributed by atoms with Gasteiger partial charge in [0.1, 0.15) is 6.54 Å². The number of carboxylic acid groups (broad SMARTS) is 1. The summed E-state index contributed by atoms with van der Waals surface area (Å²) in [5.74, 6) is -1.14. The zero-order valence-electron chi connectivity index (χ0n) is 7.92. The van der Waals surface area contributed by atoms with Crippen molar-refractivity contribution in [3.8, 4) is 0 Å². The van der Waals surface area contributed by atoms with Gasteiger partial charge in [-0.2, -0.15) is 0 Å². The monoisotopic (exact) mass is 210 g/mol. The van der Waals surface area contributed by atoms with Crippen molar-refractivity contribution >= 4 is 5.97 Å². The van der Waals surface area contributed by atoms with Crippen molar-refractivity contribution in [2.75, 3.05) is 0 Å². The van der Waals surface area contributed by atoms with Crippen molar-refractivity contribution in [1.82, 2.24) is 9.13 Å². The average Bonchev–Trinajstić information content (AvgIpc) is 2.96. The molecule has 0 bridgehead atoms. The number of aliphatic carboxylic acids is 1. The van der Waals surface area contributed by atoms with Gasteiger partial charge >= 0.3 is 17.1 Å². The molecular formula is C9H10N2O4. The number of carboxylic acids is 1. The largest absolute Gasteiger partial charge is 0.480 e. The van der Waals surface area contributed by atoms with E-state index < -0.39 is 23.6 Å². The Morgan fingerprint density at radius 2 is 2.00 bits per heavy atom. The van der Waals surface area contributed by atoms with E-state index in [0.29, 0.717) is 0 Å². The van der Waals surface area contributed by atoms with Gasteiger partial charge in [-0.15, -0.1) is 0 Å². The molecule has 6 nitrogen and oxygen atoms in total. The lowest BCUT2D eigenvalue weighted by molar-refractivity contribution is -0.137. The minimum absolute atomic E-state index is 0.129. The van der Waals surface area contributed by atoms with E-state index >= 15 is 0 Å². The van der Waals surface area contributed by atoms with Gasteiger partial charge in [0.15, 0.2) is 0 Å². The first kappa shape index (κ1) is 9.70. The Balaban J connectivity index is 2.44. The lowest BCUT2D eigenvalue weighted by atomic mass is 10.5. The van der Waals surface area contributed by atoms with Crippen LogP contribution in [0.3, 0.4) is 0 Å². The quantitative estimate of drug-likeness (QED) is 0.677. The van der Waals surface area contributed by atoms with Gasteiger partial charge in [0, 0.05) is 18.4 Å². The minimum Gasteiger partial charge on any atom is -0.480 e. The number of hydrogen-bond donors (Lipinski definition) is 1. The lowest BCUT2D eigenvalue weighted by Crippen LogP contribution is -2.41. The minimum atomic E-state index is -1.14. The molecule has 80 valence electrons. The third-order valence-corrected chi connectivity index (χ3v) is 2.33. The summed E-state index contributed by atoms with van der Waals surface area (Å²) < 4.78 is 2.28. The van der Waals surface area contributed by atoms with Crippen molar-refractivity contribution in [2.24, 2.45) is 0 Å². The van der Waals surface area contributed by atoms with Crippen LogP contribution in [0.15, 0.2) is 22.0 Å². The first-order valence-corrected chi connectivity index (χ1v) is 4.63. The van der Waals surface area contributed by atoms with Gasteiger partial charge in [-0.3, -0.25) is 19.0 Å². The van der Waals surface area contributed by atoms with Gasteiger partial charge in [0.2, 0.25) is 0 Å². The highest BCUT2D eigenvalue weighted by Gasteiger charge is 2.25. The average molecular weight is 210 g/mol. The van der Waals surface area contributed by atoms with Crippen LogP contribution in [0.25, 0.3) is 0 Å². The lowest BCUT2D eigenvalue weighted by Gasteiger charge is -2.05. The maximum Gasteiger partial charge on any atom is 0.323 e. The van der Waals surface area contributed by atoms with Crippen molar-refractivity contribution < 1.29 is 9.90 Å². The molecule has 1 N–H and O–H groups in total. The standard InChI is InChI=1S/C9H10N2O4/c12-7(13)5-10-3-4-11(6-1-2-6)9(15)8(10)14/h3-4,6H,1-2,5H2,(H,12,13). The Labute approximate surface area is 84.4 Å². The van der Waals surface area contributed by atoms with Crippen LogP contribution >= 0.6 is 0 Å². The highest BCUT2D eigenvalue weighted by atomic mass is 16.4. The molecule has 1 aliphatic rings. The molecule has 0 amide bonds. The van der Waals surface area contributed by atoms with Crippen LogP contribution in [0.5, 0.6) is 0 Å². The van der Waals surface area contributed by atoms with E-state index in [4.69, 9.17) is 5.11 Å². The van der Waals surface area contributed by atoms with E-state index in [1.807, 2.05) is 0 Å². The Morgan fingerprint density at radius 3 is 2.53 bits per heavy atom. The van der Waals surface area contributed by atoms with Gasteiger partial charge in [-0.25, -0.2) is 0 Å². The Hall–Kier alpha value is -1.85. The van der Waals surface area contributed by atoms with Crippen LogP contribution in [0.2, 0.25) is 0 Å². The number of nitrogens with zero attached hydrogens (tertiary/aromatic N) is 2. The van der Waals surface area contributed by atoms with Crippen molar-refractivity contribution in [3.63, 3.8) is 0 Å². The highest BCUT2D eigenvalue weighted by Crippen LogP contribution is 2.32. The summed E-state index contributed by atoms with van der Waals surface area (Å²) in [7, 11) is 0. The smallest absolute Gasteiger partial charge is 0.323 e. The number of hydrogen-bond acceptors (Lipinski definition) is 3. The molecule has 0 spiro atoms. The van der Waals surface area contributed by atoms with Crippen molar-refractivity contribution in [1.29, 1.82) is 0 Å². The summed E-state index contributed by atoms with van der Waals surface area (Å²) in [6.45, 7) is -0.473. The van der Waals surface area contributed by atoms with Crippen molar-refractivity contribution in [2.45, 2.75) is 25.4 Å². The second-order valence-electron chi connectivity index (χ2n) is 3.57. The third-order valence-electron chi connectivity index (χ3n) is 2.33. The Morgan fingerprint density at radius 1 is 1.33 bits per heavy atom. The maximum atomic E-state index is 11.5. The highest BCUT2D eigenvalue weighted by molar-refractivity contribution is 5.66. The predicted molar refractivity (Wildman–Crippen MR) is 50.9 cm³/mol. The van der Waals surface area contributed by atoms with Crippen LogP contribution in [-0.2, 0) is 11.3 Å². The number of rotatable bonds is 3. The van der Waals surface area contributed by atoms with E-state index in [9.17, 15) is 14.4 Å². The summed E-state index contributed by atoms with van der Waals surface area (Å²) in [5.41, 5.74) is -1.41. The fourth-order valence-corrected chi connectivity index (χ4v) is 1.43. The molecular weight excluding hydrogens is 200 g/mol. The molecule has 1 aromatic rings. The van der Waals surface area contributed by atoms with Gasteiger partial charge in [0.05, 0.1) is 0 Å². The summed E-state index contributed by atoms with van der Waals surface area (Å²) in [5, 5.41) is 8.50. The Bertz CT molecular complexity index is 510. The van der Waals surface area contributed by atoms with Gasteiger partial charge in [0.25, 0.3) is 0 Å². The molecule has 2 rings (SSSR count). The van der Waals surface area contributed by atoms with Crippen LogP contribution in [0, 0.1) is 0 Å². The molecule has 6 heteroatoms.